The molecule has 0 aliphatic rings. The Morgan fingerprint density at radius 3 is 2.88 bits per heavy atom. The second-order valence-corrected chi connectivity index (χ2v) is 3.82. The van der Waals surface area contributed by atoms with Crippen LogP contribution in [-0.2, 0) is 0 Å². The number of unbranched alkanes of at least 4 members (excludes halogenated alkanes) is 1. The van der Waals surface area contributed by atoms with E-state index in [-0.39, 0.29) is 6.61 Å². The highest BCUT2D eigenvalue weighted by Gasteiger charge is 2.08. The van der Waals surface area contributed by atoms with Crippen LogP contribution >= 0.6 is 0 Å². The Morgan fingerprint density at radius 1 is 1.31 bits per heavy atom. The first-order valence-corrected chi connectivity index (χ1v) is 5.49. The van der Waals surface area contributed by atoms with Gasteiger partial charge >= 0.3 is 0 Å². The molecule has 4 nitrogen and oxygen atoms in total. The smallest absolute Gasteiger partial charge is 0.298 e. The Balaban J connectivity index is 2.07. The maximum atomic E-state index is 8.71. The van der Waals surface area contributed by atoms with Crippen molar-refractivity contribution in [1.29, 1.82) is 0 Å². The molecule has 0 aliphatic heterocycles. The van der Waals surface area contributed by atoms with Crippen LogP contribution in [0.15, 0.2) is 28.7 Å². The molecule has 2 rings (SSSR count). The van der Waals surface area contributed by atoms with Gasteiger partial charge in [-0.25, -0.2) is 0 Å². The first-order valence-electron chi connectivity index (χ1n) is 5.49. The predicted molar refractivity (Wildman–Crippen MR) is 63.6 cm³/mol. The largest absolute Gasteiger partial charge is 0.423 e. The highest BCUT2D eigenvalue weighted by molar-refractivity contribution is 5.74. The maximum absolute atomic E-state index is 8.71. The van der Waals surface area contributed by atoms with E-state index in [1.165, 1.54) is 0 Å². The Hall–Kier alpha value is -1.55. The van der Waals surface area contributed by atoms with Gasteiger partial charge in [-0.1, -0.05) is 12.1 Å². The number of hydrogen-bond donors (Lipinski definition) is 1. The predicted octanol–water partition coefficient (Wildman–Crippen LogP) is 2.04. The van der Waals surface area contributed by atoms with E-state index in [4.69, 9.17) is 9.52 Å². The number of hydrogen-bond acceptors (Lipinski definition) is 4. The maximum Gasteiger partial charge on any atom is 0.298 e. The number of aromatic nitrogens is 1. The summed E-state index contributed by atoms with van der Waals surface area (Å²) in [5.74, 6) is 0. The number of oxazole rings is 1. The molecule has 0 aliphatic carbocycles. The molecule has 86 valence electrons. The van der Waals surface area contributed by atoms with E-state index in [1.807, 2.05) is 36.2 Å². The van der Waals surface area contributed by atoms with Gasteiger partial charge in [-0.3, -0.25) is 0 Å². The summed E-state index contributed by atoms with van der Waals surface area (Å²) in [5.41, 5.74) is 1.69. The molecule has 0 unspecified atom stereocenters. The van der Waals surface area contributed by atoms with Crippen LogP contribution in [0.25, 0.3) is 11.1 Å². The van der Waals surface area contributed by atoms with E-state index >= 15 is 0 Å². The molecule has 0 saturated heterocycles. The molecule has 1 N–H and O–H groups in total. The molecule has 16 heavy (non-hydrogen) atoms. The van der Waals surface area contributed by atoms with Crippen LogP contribution in [-0.4, -0.2) is 30.3 Å². The number of rotatable bonds is 5. The summed E-state index contributed by atoms with van der Waals surface area (Å²) in [5, 5.41) is 8.71. The number of aliphatic hydroxyl groups is 1. The van der Waals surface area contributed by atoms with Gasteiger partial charge in [0.25, 0.3) is 6.01 Å². The molecular formula is C12H16N2O2. The molecule has 0 fully saturated rings. The molecule has 0 spiro atoms. The lowest BCUT2D eigenvalue weighted by molar-refractivity contribution is 0.285. The van der Waals surface area contributed by atoms with Crippen molar-refractivity contribution in [3.8, 4) is 0 Å². The highest BCUT2D eigenvalue weighted by atomic mass is 16.4. The van der Waals surface area contributed by atoms with Gasteiger partial charge < -0.3 is 14.4 Å². The van der Waals surface area contributed by atoms with Gasteiger partial charge in [0.05, 0.1) is 0 Å². The van der Waals surface area contributed by atoms with Crippen molar-refractivity contribution < 1.29 is 9.52 Å². The average Bonchev–Trinajstić information content (AvgIpc) is 2.73. The summed E-state index contributed by atoms with van der Waals surface area (Å²) in [6.45, 7) is 1.08. The molecule has 0 atom stereocenters. The van der Waals surface area contributed by atoms with Crippen molar-refractivity contribution in [2.75, 3.05) is 25.1 Å². The Labute approximate surface area is 94.5 Å². The summed E-state index contributed by atoms with van der Waals surface area (Å²) in [6, 6.07) is 8.36. The fraction of sp³-hybridized carbons (Fsp3) is 0.417. The first kappa shape index (κ1) is 11.0. The first-order chi connectivity index (χ1) is 7.81. The fourth-order valence-electron chi connectivity index (χ4n) is 1.58. The van der Waals surface area contributed by atoms with Gasteiger partial charge in [0.15, 0.2) is 5.58 Å². The topological polar surface area (TPSA) is 49.5 Å². The van der Waals surface area contributed by atoms with Crippen LogP contribution in [0.3, 0.4) is 0 Å². The molecule has 0 bridgehead atoms. The lowest BCUT2D eigenvalue weighted by Crippen LogP contribution is -2.18. The van der Waals surface area contributed by atoms with Crippen LogP contribution < -0.4 is 4.90 Å². The Morgan fingerprint density at radius 2 is 2.12 bits per heavy atom. The zero-order chi connectivity index (χ0) is 11.4. The van der Waals surface area contributed by atoms with Crippen molar-refractivity contribution >= 4 is 17.1 Å². The zero-order valence-electron chi connectivity index (χ0n) is 9.39. The summed E-state index contributed by atoms with van der Waals surface area (Å²) in [4.78, 5) is 6.36. The van der Waals surface area contributed by atoms with Gasteiger partial charge in [-0.05, 0) is 25.0 Å². The molecule has 1 heterocycles. The fourth-order valence-corrected chi connectivity index (χ4v) is 1.58. The van der Waals surface area contributed by atoms with Crippen LogP contribution in [0.4, 0.5) is 6.01 Å². The van der Waals surface area contributed by atoms with Crippen molar-refractivity contribution in [3.05, 3.63) is 24.3 Å². The van der Waals surface area contributed by atoms with Crippen LogP contribution in [0.1, 0.15) is 12.8 Å². The molecule has 2 aromatic rings. The van der Waals surface area contributed by atoms with Gasteiger partial charge in [0.1, 0.15) is 5.52 Å². The van der Waals surface area contributed by atoms with Crippen molar-refractivity contribution in [1.82, 2.24) is 4.98 Å². The second-order valence-electron chi connectivity index (χ2n) is 3.82. The van der Waals surface area contributed by atoms with Gasteiger partial charge in [-0.2, -0.15) is 4.98 Å². The lowest BCUT2D eigenvalue weighted by atomic mass is 10.3. The quantitative estimate of drug-likeness (QED) is 0.783. The summed E-state index contributed by atoms with van der Waals surface area (Å²) in [7, 11) is 1.95. The van der Waals surface area contributed by atoms with Crippen LogP contribution in [0, 0.1) is 0 Å². The Bertz CT molecular complexity index is 420. The van der Waals surface area contributed by atoms with Crippen LogP contribution in [0.5, 0.6) is 0 Å². The summed E-state index contributed by atoms with van der Waals surface area (Å²) >= 11 is 0. The van der Waals surface area contributed by atoms with E-state index in [9.17, 15) is 0 Å². The number of benzene rings is 1. The van der Waals surface area contributed by atoms with Crippen molar-refractivity contribution in [2.24, 2.45) is 0 Å². The minimum Gasteiger partial charge on any atom is -0.423 e. The summed E-state index contributed by atoms with van der Waals surface area (Å²) < 4.78 is 5.61. The standard InChI is InChI=1S/C12H16N2O2/c1-14(8-4-5-9-15)12-13-10-6-2-3-7-11(10)16-12/h2-3,6-7,15H,4-5,8-9H2,1H3. The monoisotopic (exact) mass is 220 g/mol. The van der Waals surface area contributed by atoms with E-state index in [0.717, 1.165) is 30.5 Å². The minimum absolute atomic E-state index is 0.237. The van der Waals surface area contributed by atoms with E-state index in [1.54, 1.807) is 0 Å². The van der Waals surface area contributed by atoms with Gasteiger partial charge in [0, 0.05) is 20.2 Å². The summed E-state index contributed by atoms with van der Waals surface area (Å²) in [6.07, 6.45) is 1.75. The van der Waals surface area contributed by atoms with Gasteiger partial charge in [-0.15, -0.1) is 0 Å². The number of nitrogens with zero attached hydrogens (tertiary/aromatic N) is 2. The van der Waals surface area contributed by atoms with Crippen molar-refractivity contribution in [3.63, 3.8) is 0 Å². The minimum atomic E-state index is 0.237. The van der Waals surface area contributed by atoms with E-state index in [2.05, 4.69) is 4.98 Å². The number of fused-ring (bicyclic) bond motifs is 1. The molecule has 0 saturated carbocycles. The van der Waals surface area contributed by atoms with E-state index < -0.39 is 0 Å². The van der Waals surface area contributed by atoms with Crippen LogP contribution in [0.2, 0.25) is 0 Å². The molecule has 1 aromatic carbocycles. The molecule has 0 radical (unpaired) electrons. The Kier molecular flexibility index (Phi) is 3.41. The third kappa shape index (κ3) is 2.33. The van der Waals surface area contributed by atoms with Crippen molar-refractivity contribution in [2.45, 2.75) is 12.8 Å². The SMILES string of the molecule is CN(CCCCO)c1nc2ccccc2o1. The zero-order valence-corrected chi connectivity index (χ0v) is 9.39. The molecule has 4 heteroatoms. The molecular weight excluding hydrogens is 204 g/mol. The number of aliphatic hydroxyl groups excluding tert-OH is 1. The third-order valence-electron chi connectivity index (χ3n) is 2.51. The number of para-hydroxylation sites is 2. The average molecular weight is 220 g/mol. The molecule has 0 amide bonds. The number of anilines is 1. The highest BCUT2D eigenvalue weighted by Crippen LogP contribution is 2.20. The molecule has 1 aromatic heterocycles. The van der Waals surface area contributed by atoms with Gasteiger partial charge in [0.2, 0.25) is 0 Å². The van der Waals surface area contributed by atoms with E-state index in [0.29, 0.717) is 6.01 Å². The second kappa shape index (κ2) is 4.99. The third-order valence-corrected chi connectivity index (χ3v) is 2.51. The normalized spacial score (nSPS) is 10.9. The lowest BCUT2D eigenvalue weighted by Gasteiger charge is -2.13.